The molecule has 72 heavy (non-hydrogen) atoms. The molecule has 8 aromatic carbocycles. The zero-order valence-corrected chi connectivity index (χ0v) is 48.9. The first-order valence-corrected chi connectivity index (χ1v) is 28.0. The molecule has 0 saturated carbocycles. The molecule has 0 spiro atoms. The van der Waals surface area contributed by atoms with Crippen LogP contribution in [0.3, 0.4) is 0 Å². The molecule has 0 N–H and O–H groups in total. The first-order valence-electron chi connectivity index (χ1n) is 28.0. The maximum atomic E-state index is 2.30. The van der Waals surface area contributed by atoms with Crippen molar-refractivity contribution in [1.82, 2.24) is 0 Å². The first-order chi connectivity index (χ1) is 35.3. The van der Waals surface area contributed by atoms with Crippen molar-refractivity contribution in [2.45, 2.75) is 162 Å². The normalized spacial score (nSPS) is 11.7. The second-order valence-electron chi connectivity index (χ2n) is 16.4. The highest BCUT2D eigenvalue weighted by Gasteiger charge is 2.35. The molecule has 0 atom stereocenters. The first kappa shape index (κ1) is 63.8. The van der Waals surface area contributed by atoms with Crippen LogP contribution in [0.1, 0.15) is 183 Å². The third-order valence-electron chi connectivity index (χ3n) is 12.4. The van der Waals surface area contributed by atoms with Gasteiger partial charge in [-0.25, -0.2) is 0 Å². The lowest BCUT2D eigenvalue weighted by atomic mass is 9.82. The average molecular weight is 962 g/mol. The lowest BCUT2D eigenvalue weighted by Gasteiger charge is -2.20. The van der Waals surface area contributed by atoms with Gasteiger partial charge >= 0.3 is 0 Å². The van der Waals surface area contributed by atoms with Crippen LogP contribution in [0.2, 0.25) is 0 Å². The quantitative estimate of drug-likeness (QED) is 0.142. The van der Waals surface area contributed by atoms with E-state index in [9.17, 15) is 0 Å². The zero-order chi connectivity index (χ0) is 54.3. The number of benzene rings is 8. The molecule has 0 nitrogen and oxygen atoms in total. The molecule has 0 unspecified atom stereocenters. The summed E-state index contributed by atoms with van der Waals surface area (Å²) in [7, 11) is 0. The number of hydrogen-bond donors (Lipinski definition) is 0. The molecule has 8 aromatic rings. The van der Waals surface area contributed by atoms with Crippen molar-refractivity contribution in [2.24, 2.45) is 0 Å². The minimum Gasteiger partial charge on any atom is -0.0683 e. The summed E-state index contributed by atoms with van der Waals surface area (Å²) in [6.45, 7) is 41.2. The molecule has 0 fully saturated rings. The van der Waals surface area contributed by atoms with Gasteiger partial charge in [0.25, 0.3) is 0 Å². The van der Waals surface area contributed by atoms with Crippen molar-refractivity contribution in [3.63, 3.8) is 0 Å². The van der Waals surface area contributed by atoms with Gasteiger partial charge < -0.3 is 0 Å². The molecule has 0 amide bonds. The lowest BCUT2D eigenvalue weighted by molar-refractivity contribution is 0.660. The largest absolute Gasteiger partial charge is 0.0683 e. The predicted molar refractivity (Wildman–Crippen MR) is 328 cm³/mol. The molecule has 0 radical (unpaired) electrons. The highest BCUT2D eigenvalue weighted by Crippen LogP contribution is 2.49. The van der Waals surface area contributed by atoms with Crippen molar-refractivity contribution < 1.29 is 0 Å². The van der Waals surface area contributed by atoms with Gasteiger partial charge in [0, 0.05) is 10.8 Å². The standard InChI is InChI=1S/2C15H14.2C13H10.8C2H6/c2*1-15(2)13-9-5-3-7-11(13)12-8-4-6-10-14(12)15;2*1-3-7-12-10(5-1)9-11-6-2-4-8-13(11)12;8*1-2/h2*3-10H,1-2H3;2*1-8H,9H2;8*1-2H3. The van der Waals surface area contributed by atoms with Crippen molar-refractivity contribution in [3.8, 4) is 44.5 Å². The van der Waals surface area contributed by atoms with Crippen LogP contribution in [0.15, 0.2) is 194 Å². The average Bonchev–Trinajstić information content (AvgIpc) is 4.19. The van der Waals surface area contributed by atoms with E-state index in [1.807, 2.05) is 111 Å². The van der Waals surface area contributed by atoms with Crippen molar-refractivity contribution in [3.05, 3.63) is 239 Å². The maximum Gasteiger partial charge on any atom is 0.0158 e. The van der Waals surface area contributed by atoms with Crippen LogP contribution < -0.4 is 0 Å². The van der Waals surface area contributed by atoms with Gasteiger partial charge in [-0.3, -0.25) is 0 Å². The van der Waals surface area contributed by atoms with Gasteiger partial charge in [-0.1, -0.05) is 333 Å². The molecule has 384 valence electrons. The summed E-state index contributed by atoms with van der Waals surface area (Å²) in [4.78, 5) is 0. The molecular formula is C72H96. The Balaban J connectivity index is 0.000000439. The van der Waals surface area contributed by atoms with Crippen LogP contribution in [0.5, 0.6) is 0 Å². The second kappa shape index (κ2) is 34.2. The SMILES string of the molecule is CC.CC.CC.CC.CC.CC.CC.CC.CC1(C)c2ccccc2-c2ccccc21.CC1(C)c2ccccc2-c2ccccc21.c1ccc2c(c1)Cc1ccccc1-2.c1ccc2c(c1)Cc1ccccc1-2. The summed E-state index contributed by atoms with van der Waals surface area (Å²) < 4.78 is 0. The van der Waals surface area contributed by atoms with Crippen LogP contribution in [0.4, 0.5) is 0 Å². The molecule has 12 rings (SSSR count). The van der Waals surface area contributed by atoms with E-state index >= 15 is 0 Å². The molecular weight excluding hydrogens is 865 g/mol. The fraction of sp³-hybridized carbons (Fsp3) is 0.333. The Morgan fingerprint density at radius 1 is 0.194 bits per heavy atom. The Hall–Kier alpha value is -6.24. The minimum absolute atomic E-state index is 0.160. The van der Waals surface area contributed by atoms with E-state index in [2.05, 4.69) is 222 Å². The molecule has 0 bridgehead atoms. The molecule has 0 heterocycles. The van der Waals surface area contributed by atoms with Crippen LogP contribution in [-0.2, 0) is 23.7 Å². The Kier molecular flexibility index (Phi) is 30.3. The third-order valence-corrected chi connectivity index (χ3v) is 12.4. The third kappa shape index (κ3) is 14.9. The highest BCUT2D eigenvalue weighted by molar-refractivity contribution is 5.82. The van der Waals surface area contributed by atoms with Crippen molar-refractivity contribution in [2.75, 3.05) is 0 Å². The molecule has 0 saturated heterocycles. The van der Waals surface area contributed by atoms with Gasteiger partial charge in [-0.15, -0.1) is 0 Å². The van der Waals surface area contributed by atoms with Crippen LogP contribution in [0.25, 0.3) is 44.5 Å². The predicted octanol–water partition coefficient (Wildman–Crippen LogP) is 22.7. The number of fused-ring (bicyclic) bond motifs is 12. The fourth-order valence-electron chi connectivity index (χ4n) is 9.50. The van der Waals surface area contributed by atoms with E-state index in [4.69, 9.17) is 0 Å². The summed E-state index contributed by atoms with van der Waals surface area (Å²) in [5.41, 5.74) is 23.2. The summed E-state index contributed by atoms with van der Waals surface area (Å²) in [5, 5.41) is 0. The van der Waals surface area contributed by atoms with Gasteiger partial charge in [-0.05, 0) is 102 Å². The molecule has 0 aromatic heterocycles. The zero-order valence-electron chi connectivity index (χ0n) is 48.9. The Bertz CT molecular complexity index is 2330. The van der Waals surface area contributed by atoms with E-state index in [1.165, 1.54) is 89.0 Å². The fourth-order valence-corrected chi connectivity index (χ4v) is 9.50. The van der Waals surface area contributed by atoms with E-state index in [0.717, 1.165) is 12.8 Å². The molecule has 0 heteroatoms. The summed E-state index contributed by atoms with van der Waals surface area (Å²) in [6.07, 6.45) is 2.21. The topological polar surface area (TPSA) is 0 Å². The molecule has 4 aliphatic rings. The Morgan fingerprint density at radius 3 is 0.514 bits per heavy atom. The summed E-state index contributed by atoms with van der Waals surface area (Å²) >= 11 is 0. The van der Waals surface area contributed by atoms with Gasteiger partial charge in [0.15, 0.2) is 0 Å². The highest BCUT2D eigenvalue weighted by atomic mass is 14.4. The Morgan fingerprint density at radius 2 is 0.333 bits per heavy atom. The summed E-state index contributed by atoms with van der Waals surface area (Å²) in [6, 6.07) is 69.5. The lowest BCUT2D eigenvalue weighted by Crippen LogP contribution is -2.14. The number of rotatable bonds is 0. The van der Waals surface area contributed by atoms with E-state index in [1.54, 1.807) is 0 Å². The minimum atomic E-state index is 0.160. The van der Waals surface area contributed by atoms with Gasteiger partial charge in [0.2, 0.25) is 0 Å². The van der Waals surface area contributed by atoms with Gasteiger partial charge in [0.1, 0.15) is 0 Å². The van der Waals surface area contributed by atoms with Crippen LogP contribution in [0, 0.1) is 0 Å². The maximum absolute atomic E-state index is 2.30. The van der Waals surface area contributed by atoms with Crippen LogP contribution in [-0.4, -0.2) is 0 Å². The van der Waals surface area contributed by atoms with Crippen LogP contribution >= 0.6 is 0 Å². The molecule has 4 aliphatic carbocycles. The monoisotopic (exact) mass is 961 g/mol. The van der Waals surface area contributed by atoms with Crippen molar-refractivity contribution in [1.29, 1.82) is 0 Å². The Labute approximate surface area is 443 Å². The van der Waals surface area contributed by atoms with E-state index in [0.29, 0.717) is 0 Å². The smallest absolute Gasteiger partial charge is 0.0158 e. The van der Waals surface area contributed by atoms with Crippen molar-refractivity contribution >= 4 is 0 Å². The van der Waals surface area contributed by atoms with E-state index < -0.39 is 0 Å². The second-order valence-corrected chi connectivity index (χ2v) is 16.4. The number of hydrogen-bond acceptors (Lipinski definition) is 0. The summed E-state index contributed by atoms with van der Waals surface area (Å²) in [5.74, 6) is 0. The van der Waals surface area contributed by atoms with Gasteiger partial charge in [-0.2, -0.15) is 0 Å². The van der Waals surface area contributed by atoms with Gasteiger partial charge in [0.05, 0.1) is 0 Å². The molecule has 0 aliphatic heterocycles. The van der Waals surface area contributed by atoms with E-state index in [-0.39, 0.29) is 10.8 Å².